The summed E-state index contributed by atoms with van der Waals surface area (Å²) in [4.78, 5) is 27.5. The van der Waals surface area contributed by atoms with E-state index in [9.17, 15) is 4.79 Å². The number of hydrogen-bond donors (Lipinski definition) is 0. The molecule has 0 bridgehead atoms. The van der Waals surface area contributed by atoms with Crippen molar-refractivity contribution in [3.63, 3.8) is 0 Å². The molecular weight excluding hydrogens is 354 g/mol. The van der Waals surface area contributed by atoms with Crippen molar-refractivity contribution in [2.24, 2.45) is 0 Å². The molecule has 2 aromatic rings. The van der Waals surface area contributed by atoms with Gasteiger partial charge in [-0.25, -0.2) is 0 Å². The van der Waals surface area contributed by atoms with E-state index in [0.717, 1.165) is 45.6 Å². The lowest BCUT2D eigenvalue weighted by molar-refractivity contribution is -0.149. The van der Waals surface area contributed by atoms with E-state index in [1.165, 1.54) is 11.3 Å². The van der Waals surface area contributed by atoms with Crippen molar-refractivity contribution < 1.29 is 9.53 Å². The number of carbonyl (C=O) groups is 1. The van der Waals surface area contributed by atoms with Crippen LogP contribution in [-0.4, -0.2) is 70.2 Å². The normalized spacial score (nSPS) is 24.6. The van der Waals surface area contributed by atoms with E-state index in [4.69, 9.17) is 4.74 Å². The predicted molar refractivity (Wildman–Crippen MR) is 105 cm³/mol. The van der Waals surface area contributed by atoms with Gasteiger partial charge >= 0.3 is 0 Å². The zero-order chi connectivity index (χ0) is 19.0. The molecule has 5 heterocycles. The molecular formula is C21H25N5O2. The Labute approximate surface area is 164 Å². The summed E-state index contributed by atoms with van der Waals surface area (Å²) in [6, 6.07) is 8.11. The van der Waals surface area contributed by atoms with Gasteiger partial charge in [-0.15, -0.1) is 0 Å². The lowest BCUT2D eigenvalue weighted by atomic mass is 9.91. The molecule has 1 amide bonds. The lowest BCUT2D eigenvalue weighted by Crippen LogP contribution is -2.53. The van der Waals surface area contributed by atoms with Gasteiger partial charge in [-0.05, 0) is 42.7 Å². The van der Waals surface area contributed by atoms with Gasteiger partial charge in [-0.2, -0.15) is 0 Å². The summed E-state index contributed by atoms with van der Waals surface area (Å²) in [6.45, 7) is 4.60. The fraction of sp³-hybridized carbons (Fsp3) is 0.476. The van der Waals surface area contributed by atoms with Gasteiger partial charge in [0.1, 0.15) is 6.23 Å². The molecule has 0 N–H and O–H groups in total. The van der Waals surface area contributed by atoms with E-state index in [0.29, 0.717) is 6.54 Å². The average Bonchev–Trinajstić information content (AvgIpc) is 3.08. The Morgan fingerprint density at radius 3 is 2.43 bits per heavy atom. The number of carbonyl (C=O) groups excluding carboxylic acids is 1. The summed E-state index contributed by atoms with van der Waals surface area (Å²) in [5.41, 5.74) is 2.19. The smallest absolute Gasteiger partial charge is 0.238 e. The first-order chi connectivity index (χ1) is 13.7. The molecule has 0 aliphatic carbocycles. The third-order valence-corrected chi connectivity index (χ3v) is 6.14. The summed E-state index contributed by atoms with van der Waals surface area (Å²) >= 11 is 0. The molecule has 0 saturated carbocycles. The Bertz CT molecular complexity index is 823. The number of pyridine rings is 2. The van der Waals surface area contributed by atoms with Crippen LogP contribution in [0.4, 0.5) is 5.69 Å². The van der Waals surface area contributed by atoms with E-state index >= 15 is 0 Å². The van der Waals surface area contributed by atoms with Gasteiger partial charge in [0.05, 0.1) is 18.7 Å². The monoisotopic (exact) mass is 379 g/mol. The zero-order valence-electron chi connectivity index (χ0n) is 15.9. The van der Waals surface area contributed by atoms with Crippen LogP contribution in [0.2, 0.25) is 0 Å². The molecule has 1 spiro atoms. The molecule has 0 aromatic carbocycles. The number of piperidine rings is 1. The molecule has 5 rings (SSSR count). The summed E-state index contributed by atoms with van der Waals surface area (Å²) in [7, 11) is 0. The van der Waals surface area contributed by atoms with E-state index in [-0.39, 0.29) is 17.7 Å². The van der Waals surface area contributed by atoms with Gasteiger partial charge in [0.25, 0.3) is 0 Å². The van der Waals surface area contributed by atoms with Crippen LogP contribution in [0.25, 0.3) is 0 Å². The first kappa shape index (κ1) is 17.6. The highest BCUT2D eigenvalue weighted by molar-refractivity contribution is 5.79. The van der Waals surface area contributed by atoms with Crippen molar-refractivity contribution in [3.05, 3.63) is 54.6 Å². The van der Waals surface area contributed by atoms with E-state index in [1.807, 2.05) is 29.4 Å². The number of amides is 1. The minimum absolute atomic E-state index is 0.129. The second kappa shape index (κ2) is 7.14. The fourth-order valence-corrected chi connectivity index (χ4v) is 4.62. The maximum Gasteiger partial charge on any atom is 0.238 e. The summed E-state index contributed by atoms with van der Waals surface area (Å²) in [5, 5.41) is 0. The van der Waals surface area contributed by atoms with Crippen molar-refractivity contribution in [3.8, 4) is 0 Å². The second-order valence-corrected chi connectivity index (χ2v) is 7.99. The summed E-state index contributed by atoms with van der Waals surface area (Å²) < 4.78 is 6.53. The molecule has 28 heavy (non-hydrogen) atoms. The van der Waals surface area contributed by atoms with Crippen molar-refractivity contribution in [1.82, 2.24) is 19.8 Å². The minimum Gasteiger partial charge on any atom is -0.371 e. The second-order valence-electron chi connectivity index (χ2n) is 7.99. The predicted octanol–water partition coefficient (Wildman–Crippen LogP) is 1.52. The Hall–Kier alpha value is -2.51. The SMILES string of the molecule is O=C1CN(Cc2ccncc2)CC2OC3(CCN(c4ccncc4)CC3)CN12. The van der Waals surface area contributed by atoms with Crippen LogP contribution in [0, 0.1) is 0 Å². The molecule has 3 aliphatic rings. The maximum absolute atomic E-state index is 12.8. The van der Waals surface area contributed by atoms with Crippen LogP contribution in [0.15, 0.2) is 49.1 Å². The molecule has 3 aliphatic heterocycles. The van der Waals surface area contributed by atoms with Gasteiger partial charge in [-0.1, -0.05) is 0 Å². The number of nitrogens with zero attached hydrogens (tertiary/aromatic N) is 5. The molecule has 1 unspecified atom stereocenters. The Kier molecular flexibility index (Phi) is 4.49. The highest BCUT2D eigenvalue weighted by Gasteiger charge is 2.50. The highest BCUT2D eigenvalue weighted by atomic mass is 16.5. The molecule has 3 saturated heterocycles. The molecule has 7 nitrogen and oxygen atoms in total. The summed E-state index contributed by atoms with van der Waals surface area (Å²) in [5.74, 6) is 0.179. The number of aromatic nitrogens is 2. The number of piperazine rings is 1. The van der Waals surface area contributed by atoms with Gasteiger partial charge in [-0.3, -0.25) is 19.7 Å². The van der Waals surface area contributed by atoms with Crippen molar-refractivity contribution in [2.45, 2.75) is 31.2 Å². The number of rotatable bonds is 3. The van der Waals surface area contributed by atoms with E-state index in [1.54, 1.807) is 12.4 Å². The van der Waals surface area contributed by atoms with Gasteiger partial charge < -0.3 is 14.5 Å². The highest BCUT2D eigenvalue weighted by Crippen LogP contribution is 2.38. The lowest BCUT2D eigenvalue weighted by Gasteiger charge is -2.39. The molecule has 1 atom stereocenters. The van der Waals surface area contributed by atoms with Gasteiger partial charge in [0.2, 0.25) is 5.91 Å². The average molecular weight is 379 g/mol. The number of anilines is 1. The standard InChI is InChI=1S/C21H25N5O2/c27-19-14-24(13-17-1-7-22-8-2-17)15-20-26(19)16-21(28-20)5-11-25(12-6-21)18-3-9-23-10-4-18/h1-4,7-10,20H,5-6,11-16H2. The van der Waals surface area contributed by atoms with Crippen LogP contribution in [0.5, 0.6) is 0 Å². The first-order valence-corrected chi connectivity index (χ1v) is 9.94. The van der Waals surface area contributed by atoms with Crippen LogP contribution in [-0.2, 0) is 16.1 Å². The number of fused-ring (bicyclic) bond motifs is 1. The number of hydrogen-bond acceptors (Lipinski definition) is 6. The summed E-state index contributed by atoms with van der Waals surface area (Å²) in [6.07, 6.45) is 9.02. The topological polar surface area (TPSA) is 61.8 Å². The molecule has 3 fully saturated rings. The molecule has 0 radical (unpaired) electrons. The van der Waals surface area contributed by atoms with Crippen molar-refractivity contribution >= 4 is 11.6 Å². The van der Waals surface area contributed by atoms with Crippen LogP contribution in [0.3, 0.4) is 0 Å². The fourth-order valence-electron chi connectivity index (χ4n) is 4.62. The van der Waals surface area contributed by atoms with Gasteiger partial charge in [0.15, 0.2) is 0 Å². The zero-order valence-corrected chi connectivity index (χ0v) is 15.9. The Morgan fingerprint density at radius 1 is 1.04 bits per heavy atom. The molecule has 2 aromatic heterocycles. The van der Waals surface area contributed by atoms with Crippen molar-refractivity contribution in [2.75, 3.05) is 37.6 Å². The first-order valence-electron chi connectivity index (χ1n) is 9.94. The molecule has 146 valence electrons. The minimum atomic E-state index is -0.198. The quantitative estimate of drug-likeness (QED) is 0.806. The Morgan fingerprint density at radius 2 is 1.71 bits per heavy atom. The van der Waals surface area contributed by atoms with E-state index in [2.05, 4.69) is 31.9 Å². The Balaban J connectivity index is 1.23. The van der Waals surface area contributed by atoms with Crippen LogP contribution >= 0.6 is 0 Å². The maximum atomic E-state index is 12.8. The largest absolute Gasteiger partial charge is 0.371 e. The van der Waals surface area contributed by atoms with Crippen LogP contribution in [0.1, 0.15) is 18.4 Å². The number of ether oxygens (including phenoxy) is 1. The van der Waals surface area contributed by atoms with Crippen molar-refractivity contribution in [1.29, 1.82) is 0 Å². The van der Waals surface area contributed by atoms with E-state index < -0.39 is 0 Å². The van der Waals surface area contributed by atoms with Gasteiger partial charge in [0, 0.05) is 56.7 Å². The molecule has 7 heteroatoms. The third kappa shape index (κ3) is 3.36. The van der Waals surface area contributed by atoms with Crippen LogP contribution < -0.4 is 4.90 Å². The third-order valence-electron chi connectivity index (χ3n) is 6.14.